The molecule has 0 saturated heterocycles. The highest BCUT2D eigenvalue weighted by atomic mass is 32.1. The Morgan fingerprint density at radius 3 is 2.44 bits per heavy atom. The summed E-state index contributed by atoms with van der Waals surface area (Å²) in [6.45, 7) is 3.83. The fourth-order valence-electron chi connectivity index (χ4n) is 3.58. The van der Waals surface area contributed by atoms with E-state index in [0.717, 1.165) is 17.0 Å². The lowest BCUT2D eigenvalue weighted by atomic mass is 10.1. The average Bonchev–Trinajstić information content (AvgIpc) is 3.46. The molecule has 0 saturated carbocycles. The molecule has 168 valence electrons. The number of benzene rings is 2. The number of rotatable bonds is 5. The van der Waals surface area contributed by atoms with Crippen molar-refractivity contribution in [1.29, 1.82) is 0 Å². The Morgan fingerprint density at radius 1 is 0.971 bits per heavy atom. The maximum absolute atomic E-state index is 14.2. The molecule has 1 amide bonds. The zero-order chi connectivity index (χ0) is 23.7. The minimum absolute atomic E-state index is 0.172. The molecular weight excluding hydrogens is 451 g/mol. The molecule has 0 unspecified atom stereocenters. The number of amides is 1. The maximum Gasteiger partial charge on any atom is 0.276 e. The van der Waals surface area contributed by atoms with E-state index in [4.69, 9.17) is 0 Å². The van der Waals surface area contributed by atoms with Gasteiger partial charge in [-0.1, -0.05) is 30.3 Å². The summed E-state index contributed by atoms with van der Waals surface area (Å²) >= 11 is 1.34. The van der Waals surface area contributed by atoms with E-state index in [1.807, 2.05) is 43.5 Å². The molecule has 7 nitrogen and oxygen atoms in total. The molecular formula is C25H19FN6OS. The van der Waals surface area contributed by atoms with Crippen LogP contribution in [0.5, 0.6) is 0 Å². The van der Waals surface area contributed by atoms with Crippen molar-refractivity contribution >= 4 is 22.9 Å². The zero-order valence-electron chi connectivity index (χ0n) is 18.4. The van der Waals surface area contributed by atoms with Crippen molar-refractivity contribution in [3.8, 4) is 27.6 Å². The van der Waals surface area contributed by atoms with Gasteiger partial charge in [-0.05, 0) is 50.2 Å². The monoisotopic (exact) mass is 470 g/mol. The van der Waals surface area contributed by atoms with Gasteiger partial charge >= 0.3 is 0 Å². The number of nitrogens with zero attached hydrogens (tertiary/aromatic N) is 5. The van der Waals surface area contributed by atoms with Gasteiger partial charge < -0.3 is 5.32 Å². The first-order chi connectivity index (χ1) is 16.5. The van der Waals surface area contributed by atoms with Crippen molar-refractivity contribution in [2.45, 2.75) is 13.8 Å². The number of para-hydroxylation sites is 1. The fourth-order valence-corrected chi connectivity index (χ4v) is 4.42. The van der Waals surface area contributed by atoms with Crippen molar-refractivity contribution in [2.75, 3.05) is 5.32 Å². The van der Waals surface area contributed by atoms with Crippen molar-refractivity contribution in [1.82, 2.24) is 25.0 Å². The Bertz CT molecular complexity index is 1490. The Balaban J connectivity index is 1.39. The number of carbonyl (C=O) groups is 1. The van der Waals surface area contributed by atoms with Crippen molar-refractivity contribution in [2.24, 2.45) is 0 Å². The molecule has 9 heteroatoms. The zero-order valence-corrected chi connectivity index (χ0v) is 19.2. The van der Waals surface area contributed by atoms with Crippen LogP contribution in [-0.4, -0.2) is 30.9 Å². The van der Waals surface area contributed by atoms with Crippen LogP contribution in [0.4, 0.5) is 10.1 Å². The number of hydrogen-bond donors (Lipinski definition) is 1. The molecule has 3 heterocycles. The lowest BCUT2D eigenvalue weighted by molar-refractivity contribution is 0.102. The predicted octanol–water partition coefficient (Wildman–Crippen LogP) is 5.46. The number of aryl methyl sites for hydroxylation is 2. The van der Waals surface area contributed by atoms with Gasteiger partial charge in [0.1, 0.15) is 10.8 Å². The van der Waals surface area contributed by atoms with E-state index in [2.05, 4.69) is 25.6 Å². The number of anilines is 1. The van der Waals surface area contributed by atoms with E-state index in [1.165, 1.54) is 17.4 Å². The smallest absolute Gasteiger partial charge is 0.276 e. The van der Waals surface area contributed by atoms with Crippen LogP contribution in [0.3, 0.4) is 0 Å². The van der Waals surface area contributed by atoms with Gasteiger partial charge in [0.2, 0.25) is 0 Å². The minimum Gasteiger partial charge on any atom is -0.320 e. The van der Waals surface area contributed by atoms with Crippen molar-refractivity contribution < 1.29 is 9.18 Å². The van der Waals surface area contributed by atoms with E-state index in [-0.39, 0.29) is 11.5 Å². The highest BCUT2D eigenvalue weighted by Gasteiger charge is 2.16. The second kappa shape index (κ2) is 8.95. The van der Waals surface area contributed by atoms with E-state index < -0.39 is 5.91 Å². The molecule has 1 N–H and O–H groups in total. The van der Waals surface area contributed by atoms with Gasteiger partial charge in [0.15, 0.2) is 11.5 Å². The topological polar surface area (TPSA) is 85.6 Å². The molecule has 0 bridgehead atoms. The lowest BCUT2D eigenvalue weighted by Crippen LogP contribution is -2.16. The van der Waals surface area contributed by atoms with Gasteiger partial charge in [0.05, 0.1) is 17.1 Å². The Morgan fingerprint density at radius 2 is 1.74 bits per heavy atom. The molecule has 0 aliphatic carbocycles. The highest BCUT2D eigenvalue weighted by Crippen LogP contribution is 2.33. The SMILES string of the molecule is Cc1cc(C)n(-c2ccc(C(=O)Nc3ccccc3-c3csc(-c4ccccc4F)n3)nn2)n1. The standard InChI is InChI=1S/C25H19FN6OS/c1-15-13-16(2)32(31-15)23-12-11-21(29-30-23)24(33)27-20-10-6-4-8-18(20)22-14-34-25(28-22)17-7-3-5-9-19(17)26/h3-14H,1-2H3,(H,27,33). The summed E-state index contributed by atoms with van der Waals surface area (Å²) < 4.78 is 15.9. The number of nitrogens with one attached hydrogen (secondary N) is 1. The number of halogens is 1. The van der Waals surface area contributed by atoms with Crippen LogP contribution in [0.15, 0.2) is 72.1 Å². The van der Waals surface area contributed by atoms with Crippen molar-refractivity contribution in [3.63, 3.8) is 0 Å². The van der Waals surface area contributed by atoms with Crippen LogP contribution in [0.25, 0.3) is 27.6 Å². The van der Waals surface area contributed by atoms with Gasteiger partial charge in [0, 0.05) is 22.2 Å². The Kier molecular flexibility index (Phi) is 5.69. The van der Waals surface area contributed by atoms with Gasteiger partial charge in [-0.3, -0.25) is 4.79 Å². The third kappa shape index (κ3) is 4.20. The third-order valence-corrected chi connectivity index (χ3v) is 6.04. The first-order valence-corrected chi connectivity index (χ1v) is 11.4. The average molecular weight is 471 g/mol. The molecule has 0 radical (unpaired) electrons. The summed E-state index contributed by atoms with van der Waals surface area (Å²) in [6.07, 6.45) is 0. The normalized spacial score (nSPS) is 10.9. The van der Waals surface area contributed by atoms with Crippen LogP contribution >= 0.6 is 11.3 Å². The molecule has 0 aliphatic rings. The van der Waals surface area contributed by atoms with Gasteiger partial charge in [-0.25, -0.2) is 14.1 Å². The van der Waals surface area contributed by atoms with Crippen LogP contribution in [0.2, 0.25) is 0 Å². The summed E-state index contributed by atoms with van der Waals surface area (Å²) in [7, 11) is 0. The first-order valence-electron chi connectivity index (χ1n) is 10.5. The van der Waals surface area contributed by atoms with Crippen LogP contribution in [-0.2, 0) is 0 Å². The molecule has 0 fully saturated rings. The number of aromatic nitrogens is 5. The molecule has 2 aromatic carbocycles. The van der Waals surface area contributed by atoms with E-state index in [0.29, 0.717) is 27.8 Å². The predicted molar refractivity (Wildman–Crippen MR) is 130 cm³/mol. The highest BCUT2D eigenvalue weighted by molar-refractivity contribution is 7.13. The summed E-state index contributed by atoms with van der Waals surface area (Å²) in [4.78, 5) is 17.5. The lowest BCUT2D eigenvalue weighted by Gasteiger charge is -2.09. The number of hydrogen-bond acceptors (Lipinski definition) is 6. The molecule has 0 spiro atoms. The minimum atomic E-state index is -0.399. The van der Waals surface area contributed by atoms with E-state index in [1.54, 1.807) is 41.1 Å². The number of carbonyl (C=O) groups excluding carboxylic acids is 1. The largest absolute Gasteiger partial charge is 0.320 e. The molecule has 5 rings (SSSR count). The maximum atomic E-state index is 14.2. The van der Waals surface area contributed by atoms with Crippen LogP contribution in [0.1, 0.15) is 21.9 Å². The van der Waals surface area contributed by atoms with Gasteiger partial charge in [0.25, 0.3) is 5.91 Å². The molecule has 34 heavy (non-hydrogen) atoms. The van der Waals surface area contributed by atoms with Crippen molar-refractivity contribution in [3.05, 3.63) is 95.0 Å². The van der Waals surface area contributed by atoms with E-state index >= 15 is 0 Å². The molecule has 3 aromatic heterocycles. The second-order valence-electron chi connectivity index (χ2n) is 7.63. The summed E-state index contributed by atoms with van der Waals surface area (Å²) in [6, 6.07) is 19.1. The Labute approximate surface area is 199 Å². The summed E-state index contributed by atoms with van der Waals surface area (Å²) in [5.41, 5.74) is 4.35. The quantitative estimate of drug-likeness (QED) is 0.369. The number of thiazole rings is 1. The molecule has 0 atom stereocenters. The van der Waals surface area contributed by atoms with E-state index in [9.17, 15) is 9.18 Å². The fraction of sp³-hybridized carbons (Fsp3) is 0.0800. The first kappa shape index (κ1) is 21.6. The van der Waals surface area contributed by atoms with Gasteiger partial charge in [-0.15, -0.1) is 21.5 Å². The summed E-state index contributed by atoms with van der Waals surface area (Å²) in [5, 5.41) is 17.9. The second-order valence-corrected chi connectivity index (χ2v) is 8.49. The van der Waals surface area contributed by atoms with Gasteiger partial charge in [-0.2, -0.15) is 5.10 Å². The molecule has 0 aliphatic heterocycles. The Hall–Kier alpha value is -4.24. The van der Waals surface area contributed by atoms with Crippen LogP contribution in [0, 0.1) is 19.7 Å². The third-order valence-electron chi connectivity index (χ3n) is 5.17. The van der Waals surface area contributed by atoms with Crippen LogP contribution < -0.4 is 5.32 Å². The summed E-state index contributed by atoms with van der Waals surface area (Å²) in [5.74, 6) is -0.192. The molecule has 5 aromatic rings.